The molecule has 2 aromatic carbocycles. The number of carbonyl (C=O) groups is 1. The molecule has 0 fully saturated rings. The van der Waals surface area contributed by atoms with E-state index in [1.807, 2.05) is 32.9 Å². The van der Waals surface area contributed by atoms with Gasteiger partial charge in [0.05, 0.1) is 0 Å². The van der Waals surface area contributed by atoms with Gasteiger partial charge in [0, 0.05) is 11.3 Å². The molecule has 0 aliphatic rings. The van der Waals surface area contributed by atoms with Crippen LogP contribution in [0.2, 0.25) is 0 Å². The number of hydrogen-bond donors (Lipinski definition) is 1. The van der Waals surface area contributed by atoms with Crippen molar-refractivity contribution in [2.75, 3.05) is 5.32 Å². The molecule has 1 N–H and O–H groups in total. The number of hydrogen-bond acceptors (Lipinski definition) is 1. The minimum Gasteiger partial charge on any atom is -0.322 e. The Bertz CT molecular complexity index is 654. The van der Waals surface area contributed by atoms with E-state index in [0.717, 1.165) is 22.4 Å². The molecule has 1 amide bonds. The summed E-state index contributed by atoms with van der Waals surface area (Å²) in [6.45, 7) is 7.60. The predicted octanol–water partition coefficient (Wildman–Crippen LogP) is 4.31. The Labute approximate surface area is 118 Å². The van der Waals surface area contributed by atoms with E-state index in [2.05, 4.69) is 5.32 Å². The highest BCUT2D eigenvalue weighted by atomic mass is 19.1. The lowest BCUT2D eigenvalue weighted by Gasteiger charge is -2.13. The molecule has 0 spiro atoms. The number of benzene rings is 2. The molecule has 2 nitrogen and oxygen atoms in total. The molecule has 0 unspecified atom stereocenters. The van der Waals surface area contributed by atoms with E-state index in [1.54, 1.807) is 13.0 Å². The van der Waals surface area contributed by atoms with Crippen LogP contribution in [0.1, 0.15) is 32.6 Å². The standard InChI is InChI=1S/C17H18FNO/c1-10-7-12(3)16(13(4)8-10)19-17(20)14-5-6-15(18)11(2)9-14/h5-9H,1-4H3,(H,19,20). The van der Waals surface area contributed by atoms with Gasteiger partial charge in [-0.05, 0) is 62.6 Å². The van der Waals surface area contributed by atoms with Crippen molar-refractivity contribution in [2.45, 2.75) is 27.7 Å². The van der Waals surface area contributed by atoms with Gasteiger partial charge in [0.15, 0.2) is 0 Å². The monoisotopic (exact) mass is 271 g/mol. The molecule has 0 bridgehead atoms. The first kappa shape index (κ1) is 14.3. The van der Waals surface area contributed by atoms with Crippen molar-refractivity contribution in [1.29, 1.82) is 0 Å². The molecule has 0 heterocycles. The van der Waals surface area contributed by atoms with Crippen molar-refractivity contribution in [2.24, 2.45) is 0 Å². The summed E-state index contributed by atoms with van der Waals surface area (Å²) in [6.07, 6.45) is 0. The van der Waals surface area contributed by atoms with Crippen molar-refractivity contribution in [3.8, 4) is 0 Å². The van der Waals surface area contributed by atoms with Crippen molar-refractivity contribution in [3.05, 3.63) is 64.0 Å². The average Bonchev–Trinajstić information content (AvgIpc) is 2.36. The third kappa shape index (κ3) is 2.87. The maximum absolute atomic E-state index is 13.2. The Kier molecular flexibility index (Phi) is 3.89. The first-order valence-corrected chi connectivity index (χ1v) is 6.54. The second-order valence-electron chi connectivity index (χ2n) is 5.19. The van der Waals surface area contributed by atoms with Crippen molar-refractivity contribution in [1.82, 2.24) is 0 Å². The number of carbonyl (C=O) groups excluding carboxylic acids is 1. The number of amides is 1. The summed E-state index contributed by atoms with van der Waals surface area (Å²) in [6, 6.07) is 8.43. The molecule has 0 atom stereocenters. The second kappa shape index (κ2) is 5.45. The summed E-state index contributed by atoms with van der Waals surface area (Å²) in [5.74, 6) is -0.521. The van der Waals surface area contributed by atoms with E-state index >= 15 is 0 Å². The number of rotatable bonds is 2. The molecular formula is C17H18FNO. The van der Waals surface area contributed by atoms with Gasteiger partial charge in [0.2, 0.25) is 0 Å². The maximum Gasteiger partial charge on any atom is 0.255 e. The molecule has 104 valence electrons. The van der Waals surface area contributed by atoms with E-state index in [0.29, 0.717) is 11.1 Å². The zero-order valence-electron chi connectivity index (χ0n) is 12.2. The van der Waals surface area contributed by atoms with Gasteiger partial charge in [-0.1, -0.05) is 17.7 Å². The van der Waals surface area contributed by atoms with Crippen LogP contribution >= 0.6 is 0 Å². The van der Waals surface area contributed by atoms with Gasteiger partial charge in [0.1, 0.15) is 5.82 Å². The Morgan fingerprint density at radius 3 is 2.10 bits per heavy atom. The summed E-state index contributed by atoms with van der Waals surface area (Å²) >= 11 is 0. The summed E-state index contributed by atoms with van der Waals surface area (Å²) in [5.41, 5.74) is 4.96. The van der Waals surface area contributed by atoms with Crippen LogP contribution in [0.15, 0.2) is 30.3 Å². The third-order valence-electron chi connectivity index (χ3n) is 3.34. The van der Waals surface area contributed by atoms with Crippen LogP contribution in [0.4, 0.5) is 10.1 Å². The molecule has 2 aromatic rings. The molecule has 0 radical (unpaired) electrons. The van der Waals surface area contributed by atoms with Crippen LogP contribution < -0.4 is 5.32 Å². The lowest BCUT2D eigenvalue weighted by molar-refractivity contribution is 0.102. The van der Waals surface area contributed by atoms with Gasteiger partial charge in [-0.15, -0.1) is 0 Å². The van der Waals surface area contributed by atoms with E-state index in [9.17, 15) is 9.18 Å². The van der Waals surface area contributed by atoms with Crippen LogP contribution in [0.25, 0.3) is 0 Å². The van der Waals surface area contributed by atoms with Gasteiger partial charge >= 0.3 is 0 Å². The molecular weight excluding hydrogens is 253 g/mol. The highest BCUT2D eigenvalue weighted by molar-refractivity contribution is 6.05. The average molecular weight is 271 g/mol. The van der Waals surface area contributed by atoms with Gasteiger partial charge < -0.3 is 5.32 Å². The summed E-state index contributed by atoms with van der Waals surface area (Å²) in [7, 11) is 0. The van der Waals surface area contributed by atoms with Crippen LogP contribution in [0.5, 0.6) is 0 Å². The Morgan fingerprint density at radius 2 is 1.55 bits per heavy atom. The van der Waals surface area contributed by atoms with Crippen LogP contribution in [-0.4, -0.2) is 5.91 Å². The van der Waals surface area contributed by atoms with E-state index in [-0.39, 0.29) is 11.7 Å². The highest BCUT2D eigenvalue weighted by Crippen LogP contribution is 2.22. The number of nitrogens with one attached hydrogen (secondary N) is 1. The molecule has 0 aliphatic carbocycles. The van der Waals surface area contributed by atoms with Crippen molar-refractivity contribution in [3.63, 3.8) is 0 Å². The minimum atomic E-state index is -0.302. The first-order chi connectivity index (χ1) is 9.38. The Morgan fingerprint density at radius 1 is 0.950 bits per heavy atom. The number of anilines is 1. The molecule has 2 rings (SSSR count). The summed E-state index contributed by atoms with van der Waals surface area (Å²) in [5, 5.41) is 2.91. The normalized spacial score (nSPS) is 10.4. The lowest BCUT2D eigenvalue weighted by atomic mass is 10.0. The Balaban J connectivity index is 2.30. The fourth-order valence-corrected chi connectivity index (χ4v) is 2.35. The van der Waals surface area contributed by atoms with E-state index in [4.69, 9.17) is 0 Å². The highest BCUT2D eigenvalue weighted by Gasteiger charge is 2.11. The predicted molar refractivity (Wildman–Crippen MR) is 79.7 cm³/mol. The molecule has 0 saturated carbocycles. The summed E-state index contributed by atoms with van der Waals surface area (Å²) in [4.78, 5) is 12.2. The zero-order valence-corrected chi connectivity index (χ0v) is 12.2. The lowest BCUT2D eigenvalue weighted by Crippen LogP contribution is -2.14. The quantitative estimate of drug-likeness (QED) is 0.866. The number of aryl methyl sites for hydroxylation is 4. The van der Waals surface area contributed by atoms with Crippen LogP contribution in [0, 0.1) is 33.5 Å². The molecule has 20 heavy (non-hydrogen) atoms. The van der Waals surface area contributed by atoms with Gasteiger partial charge in [-0.25, -0.2) is 4.39 Å². The van der Waals surface area contributed by atoms with Crippen LogP contribution in [0.3, 0.4) is 0 Å². The van der Waals surface area contributed by atoms with Gasteiger partial charge in [0.25, 0.3) is 5.91 Å². The molecule has 0 aliphatic heterocycles. The first-order valence-electron chi connectivity index (χ1n) is 6.54. The van der Waals surface area contributed by atoms with Crippen molar-refractivity contribution < 1.29 is 9.18 Å². The van der Waals surface area contributed by atoms with E-state index < -0.39 is 0 Å². The second-order valence-corrected chi connectivity index (χ2v) is 5.19. The smallest absolute Gasteiger partial charge is 0.255 e. The number of halogens is 1. The third-order valence-corrected chi connectivity index (χ3v) is 3.34. The summed E-state index contributed by atoms with van der Waals surface area (Å²) < 4.78 is 13.2. The van der Waals surface area contributed by atoms with Gasteiger partial charge in [-0.2, -0.15) is 0 Å². The molecule has 0 saturated heterocycles. The van der Waals surface area contributed by atoms with Crippen molar-refractivity contribution >= 4 is 11.6 Å². The molecule has 3 heteroatoms. The van der Waals surface area contributed by atoms with Crippen LogP contribution in [-0.2, 0) is 0 Å². The van der Waals surface area contributed by atoms with E-state index in [1.165, 1.54) is 12.1 Å². The maximum atomic E-state index is 13.2. The fourth-order valence-electron chi connectivity index (χ4n) is 2.35. The SMILES string of the molecule is Cc1cc(C)c(NC(=O)c2ccc(F)c(C)c2)c(C)c1. The molecule has 0 aromatic heterocycles. The fraction of sp³-hybridized carbons (Fsp3) is 0.235. The largest absolute Gasteiger partial charge is 0.322 e. The minimum absolute atomic E-state index is 0.219. The van der Waals surface area contributed by atoms with Gasteiger partial charge in [-0.3, -0.25) is 4.79 Å². The Hall–Kier alpha value is -2.16. The zero-order chi connectivity index (χ0) is 14.9. The topological polar surface area (TPSA) is 29.1 Å².